The van der Waals surface area contributed by atoms with Crippen LogP contribution in [0.1, 0.15) is 0 Å². The third-order valence-corrected chi connectivity index (χ3v) is 2.97. The summed E-state index contributed by atoms with van der Waals surface area (Å²) in [5.74, 6) is 0.0590. The molecule has 0 atom stereocenters. The summed E-state index contributed by atoms with van der Waals surface area (Å²) in [7, 11) is 1.67. The summed E-state index contributed by atoms with van der Waals surface area (Å²) < 4.78 is 1.72. The lowest BCUT2D eigenvalue weighted by Crippen LogP contribution is -2.11. The summed E-state index contributed by atoms with van der Waals surface area (Å²) in [5, 5.41) is 21.9. The zero-order valence-corrected chi connectivity index (χ0v) is 11.3. The number of fused-ring (bicyclic) bond motifs is 1. The first kappa shape index (κ1) is 13.2. The topological polar surface area (TPSA) is 61.9 Å². The van der Waals surface area contributed by atoms with Crippen LogP contribution in [0, 0.1) is 0 Å². The number of aromatic nitrogens is 1. The molecule has 0 bridgehead atoms. The summed E-state index contributed by atoms with van der Waals surface area (Å²) in [4.78, 5) is 0. The molecule has 2 rings (SSSR count). The largest absolute Gasteiger partial charge is 0.493 e. The van der Waals surface area contributed by atoms with Gasteiger partial charge in [0, 0.05) is 19.0 Å². The highest BCUT2D eigenvalue weighted by molar-refractivity contribution is 7.80. The zero-order valence-electron chi connectivity index (χ0n) is 10.5. The number of allylic oxidation sites excluding steroid dienone is 1. The van der Waals surface area contributed by atoms with Gasteiger partial charge >= 0.3 is 0 Å². The third kappa shape index (κ3) is 2.48. The van der Waals surface area contributed by atoms with Crippen molar-refractivity contribution in [1.29, 1.82) is 0 Å². The van der Waals surface area contributed by atoms with Gasteiger partial charge in [0.15, 0.2) is 5.69 Å². The van der Waals surface area contributed by atoms with Crippen molar-refractivity contribution in [3.63, 3.8) is 0 Å². The number of hydrogen-bond acceptors (Lipinski definition) is 3. The lowest BCUT2D eigenvalue weighted by Gasteiger charge is -2.01. The van der Waals surface area contributed by atoms with Gasteiger partial charge in [-0.25, -0.2) is 0 Å². The second-order valence-electron chi connectivity index (χ2n) is 3.84. The van der Waals surface area contributed by atoms with Crippen molar-refractivity contribution in [2.24, 2.45) is 10.2 Å². The lowest BCUT2D eigenvalue weighted by atomic mass is 10.2. The molecule has 0 aliphatic heterocycles. The maximum absolute atomic E-state index is 10.2. The Morgan fingerprint density at radius 3 is 2.95 bits per heavy atom. The van der Waals surface area contributed by atoms with E-state index in [-0.39, 0.29) is 11.0 Å². The van der Waals surface area contributed by atoms with E-state index in [4.69, 9.17) is 12.2 Å². The van der Waals surface area contributed by atoms with Gasteiger partial charge in [-0.1, -0.05) is 24.3 Å². The van der Waals surface area contributed by atoms with E-state index >= 15 is 0 Å². The maximum Gasteiger partial charge on any atom is 0.221 e. The molecule has 0 aliphatic carbocycles. The van der Waals surface area contributed by atoms with E-state index in [0.717, 1.165) is 10.9 Å². The molecular formula is C13H14N4OS. The van der Waals surface area contributed by atoms with Crippen molar-refractivity contribution in [1.82, 2.24) is 9.88 Å². The van der Waals surface area contributed by atoms with Crippen LogP contribution in [0.15, 0.2) is 47.1 Å². The van der Waals surface area contributed by atoms with Crippen LogP contribution < -0.4 is 5.32 Å². The minimum atomic E-state index is 0.0590. The van der Waals surface area contributed by atoms with Gasteiger partial charge in [0.25, 0.3) is 0 Å². The van der Waals surface area contributed by atoms with Crippen LogP contribution in [-0.4, -0.2) is 21.8 Å². The van der Waals surface area contributed by atoms with Gasteiger partial charge in [0.2, 0.25) is 11.0 Å². The average Bonchev–Trinajstić information content (AvgIpc) is 2.70. The molecule has 0 amide bonds. The van der Waals surface area contributed by atoms with E-state index in [9.17, 15) is 5.11 Å². The molecule has 0 spiro atoms. The molecule has 0 radical (unpaired) electrons. The van der Waals surface area contributed by atoms with Crippen LogP contribution in [0.4, 0.5) is 5.69 Å². The monoisotopic (exact) mass is 274 g/mol. The van der Waals surface area contributed by atoms with Gasteiger partial charge in [-0.3, -0.25) is 0 Å². The maximum atomic E-state index is 10.2. The van der Waals surface area contributed by atoms with Crippen molar-refractivity contribution >= 4 is 33.9 Å². The van der Waals surface area contributed by atoms with E-state index in [1.165, 1.54) is 0 Å². The zero-order chi connectivity index (χ0) is 13.8. The summed E-state index contributed by atoms with van der Waals surface area (Å²) in [6.45, 7) is 4.18. The molecule has 1 aromatic heterocycles. The number of thiocarbonyl (C=S) groups is 1. The van der Waals surface area contributed by atoms with Gasteiger partial charge in [-0.2, -0.15) is 0 Å². The number of benzene rings is 1. The van der Waals surface area contributed by atoms with Gasteiger partial charge in [-0.05, 0) is 18.3 Å². The molecule has 6 heteroatoms. The van der Waals surface area contributed by atoms with Gasteiger partial charge in [0.05, 0.1) is 5.52 Å². The summed E-state index contributed by atoms with van der Waals surface area (Å²) in [6, 6.07) is 7.58. The van der Waals surface area contributed by atoms with Crippen molar-refractivity contribution in [2.45, 2.75) is 6.54 Å². The van der Waals surface area contributed by atoms with E-state index < -0.39 is 0 Å². The summed E-state index contributed by atoms with van der Waals surface area (Å²) in [6.07, 6.45) is 1.71. The fraction of sp³-hybridized carbons (Fsp3) is 0.154. The summed E-state index contributed by atoms with van der Waals surface area (Å²) >= 11 is 4.90. The normalized spacial score (nSPS) is 11.0. The Morgan fingerprint density at radius 1 is 1.53 bits per heavy atom. The molecule has 0 saturated carbocycles. The molecule has 98 valence electrons. The fourth-order valence-electron chi connectivity index (χ4n) is 1.83. The highest BCUT2D eigenvalue weighted by Crippen LogP contribution is 2.38. The standard InChI is InChI=1S/C13H14N4OS/c1-3-8-17-10-7-5-4-6-9(10)11(12(17)18)15-16-13(19)14-2/h3-7,18H,1,8H2,2H3,(H,14,19). The number of aromatic hydroxyl groups is 1. The molecule has 1 aromatic carbocycles. The van der Waals surface area contributed by atoms with Crippen molar-refractivity contribution in [3.8, 4) is 5.88 Å². The highest BCUT2D eigenvalue weighted by Gasteiger charge is 2.15. The van der Waals surface area contributed by atoms with E-state index in [1.807, 2.05) is 24.3 Å². The molecule has 2 aromatic rings. The Morgan fingerprint density at radius 2 is 2.26 bits per heavy atom. The summed E-state index contributed by atoms with van der Waals surface area (Å²) in [5.41, 5.74) is 1.29. The smallest absolute Gasteiger partial charge is 0.221 e. The van der Waals surface area contributed by atoms with Crippen LogP contribution in [0.2, 0.25) is 0 Å². The van der Waals surface area contributed by atoms with Gasteiger partial charge in [0.1, 0.15) is 0 Å². The van der Waals surface area contributed by atoms with Crippen LogP contribution in [0.5, 0.6) is 5.88 Å². The second kappa shape index (κ2) is 5.62. The van der Waals surface area contributed by atoms with E-state index in [1.54, 1.807) is 17.7 Å². The van der Waals surface area contributed by atoms with E-state index in [2.05, 4.69) is 22.1 Å². The average molecular weight is 274 g/mol. The highest BCUT2D eigenvalue weighted by atomic mass is 32.1. The number of azo groups is 1. The molecule has 0 fully saturated rings. The third-order valence-electron chi connectivity index (χ3n) is 2.68. The number of hydrogen-bond donors (Lipinski definition) is 2. The molecule has 0 unspecified atom stereocenters. The van der Waals surface area contributed by atoms with Crippen molar-refractivity contribution in [3.05, 3.63) is 36.9 Å². The Bertz CT molecular complexity index is 660. The Balaban J connectivity index is 2.60. The van der Waals surface area contributed by atoms with Crippen LogP contribution in [0.3, 0.4) is 0 Å². The molecule has 0 saturated heterocycles. The predicted octanol–water partition coefficient (Wildman–Crippen LogP) is 3.12. The number of para-hydroxylation sites is 1. The molecule has 5 nitrogen and oxygen atoms in total. The predicted molar refractivity (Wildman–Crippen MR) is 80.0 cm³/mol. The van der Waals surface area contributed by atoms with Gasteiger partial charge in [-0.15, -0.1) is 16.8 Å². The van der Waals surface area contributed by atoms with Crippen molar-refractivity contribution in [2.75, 3.05) is 7.05 Å². The van der Waals surface area contributed by atoms with Gasteiger partial charge < -0.3 is 15.0 Å². The molecule has 1 heterocycles. The van der Waals surface area contributed by atoms with Crippen molar-refractivity contribution < 1.29 is 5.11 Å². The quantitative estimate of drug-likeness (QED) is 0.513. The second-order valence-corrected chi connectivity index (χ2v) is 4.23. The first-order valence-corrected chi connectivity index (χ1v) is 6.14. The first-order chi connectivity index (χ1) is 9.19. The number of nitrogens with one attached hydrogen (secondary N) is 1. The Labute approximate surface area is 116 Å². The molecule has 0 aliphatic rings. The number of rotatable bonds is 3. The first-order valence-electron chi connectivity index (χ1n) is 5.73. The molecule has 2 N–H and O–H groups in total. The molecular weight excluding hydrogens is 260 g/mol. The minimum absolute atomic E-state index is 0.0590. The molecule has 19 heavy (non-hydrogen) atoms. The Hall–Kier alpha value is -2.21. The minimum Gasteiger partial charge on any atom is -0.493 e. The number of nitrogens with zero attached hydrogens (tertiary/aromatic N) is 3. The van der Waals surface area contributed by atoms with Crippen LogP contribution >= 0.6 is 12.2 Å². The van der Waals surface area contributed by atoms with E-state index in [0.29, 0.717) is 12.2 Å². The van der Waals surface area contributed by atoms with Crippen LogP contribution in [-0.2, 0) is 6.54 Å². The SMILES string of the molecule is C=CCn1c(O)c(N=NC(=S)NC)c2ccccc21. The lowest BCUT2D eigenvalue weighted by molar-refractivity contribution is 0.431. The van der Waals surface area contributed by atoms with Crippen LogP contribution in [0.25, 0.3) is 10.9 Å². The Kier molecular flexibility index (Phi) is 3.91. The fourth-order valence-corrected chi connectivity index (χ4v) is 1.87.